The Bertz CT molecular complexity index is 612. The molecule has 0 aromatic carbocycles. The molecule has 4 aliphatic carbocycles. The quantitative estimate of drug-likeness (QED) is 0.449. The Labute approximate surface area is 194 Å². The van der Waals surface area contributed by atoms with Gasteiger partial charge in [-0.05, 0) is 122 Å². The summed E-state index contributed by atoms with van der Waals surface area (Å²) in [5.74, 6) is 7.77. The summed E-state index contributed by atoms with van der Waals surface area (Å²) in [5.41, 5.74) is 1.10. The molecule has 180 valence electrons. The second kappa shape index (κ2) is 8.96. The maximum Gasteiger partial charge on any atom is 0.0568 e. The molecule has 4 aliphatic rings. The van der Waals surface area contributed by atoms with Crippen LogP contribution >= 0.6 is 0 Å². The number of hydrogen-bond acceptors (Lipinski definition) is 1. The monoisotopic (exact) mass is 430 g/mol. The van der Waals surface area contributed by atoms with Gasteiger partial charge in [0, 0.05) is 0 Å². The molecule has 0 aromatic heterocycles. The minimum Gasteiger partial charge on any atom is -0.393 e. The molecule has 0 bridgehead atoms. The van der Waals surface area contributed by atoms with E-state index in [0.717, 1.165) is 53.8 Å². The molecule has 1 N–H and O–H groups in total. The van der Waals surface area contributed by atoms with Gasteiger partial charge in [0.1, 0.15) is 0 Å². The maximum atomic E-state index is 10.6. The van der Waals surface area contributed by atoms with Gasteiger partial charge in [-0.25, -0.2) is 0 Å². The molecule has 0 aromatic rings. The van der Waals surface area contributed by atoms with E-state index in [1.54, 1.807) is 0 Å². The standard InChI is InChI=1S/C30H54O/c1-8-22(19(2)3)10-9-20(4)24-13-14-26-23-11-12-25-21(5)28(31)16-18-30(25,7)27(23)15-17-29(24,26)6/h19-28,31H,8-18H2,1-7H3/t20-,21?,22?,23+,24-,25+,26+,27+,28+,29-,30+/m1/s1. The Morgan fingerprint density at radius 2 is 1.45 bits per heavy atom. The SMILES string of the molecule is CCC(CC[C@@H](C)[C@H]1CC[C@H]2[C@@H]3CC[C@H]4C(C)[C@@H](O)CC[C@]4(C)[C@H]3CC[C@]12C)C(C)C. The second-order valence-corrected chi connectivity index (χ2v) is 13.7. The van der Waals surface area contributed by atoms with Crippen LogP contribution in [-0.2, 0) is 0 Å². The highest BCUT2D eigenvalue weighted by atomic mass is 16.3. The number of hydrogen-bond donors (Lipinski definition) is 1. The lowest BCUT2D eigenvalue weighted by molar-refractivity contribution is -0.149. The van der Waals surface area contributed by atoms with Crippen molar-refractivity contribution in [2.75, 3.05) is 0 Å². The molecule has 11 atom stereocenters. The second-order valence-electron chi connectivity index (χ2n) is 13.7. The summed E-state index contributed by atoms with van der Waals surface area (Å²) in [5, 5.41) is 10.6. The van der Waals surface area contributed by atoms with Crippen LogP contribution in [0.1, 0.15) is 119 Å². The largest absolute Gasteiger partial charge is 0.393 e. The highest BCUT2D eigenvalue weighted by molar-refractivity contribution is 5.10. The molecule has 1 heteroatoms. The average molecular weight is 431 g/mol. The van der Waals surface area contributed by atoms with E-state index in [1.807, 2.05) is 0 Å². The number of fused-ring (bicyclic) bond motifs is 5. The first kappa shape index (κ1) is 24.1. The summed E-state index contributed by atoms with van der Waals surface area (Å²) in [6.07, 6.45) is 15.3. The van der Waals surface area contributed by atoms with E-state index in [-0.39, 0.29) is 6.10 Å². The highest BCUT2D eigenvalue weighted by Gasteiger charge is 2.61. The third-order valence-corrected chi connectivity index (χ3v) is 12.4. The molecule has 0 saturated heterocycles. The Morgan fingerprint density at radius 3 is 2.13 bits per heavy atom. The third kappa shape index (κ3) is 3.95. The summed E-state index contributed by atoms with van der Waals surface area (Å²) in [6, 6.07) is 0. The molecule has 31 heavy (non-hydrogen) atoms. The lowest BCUT2D eigenvalue weighted by Crippen LogP contribution is -2.56. The minimum absolute atomic E-state index is 0.0435. The van der Waals surface area contributed by atoms with Crippen LogP contribution in [0.5, 0.6) is 0 Å². The maximum absolute atomic E-state index is 10.6. The molecule has 4 saturated carbocycles. The summed E-state index contributed by atoms with van der Waals surface area (Å²) < 4.78 is 0. The average Bonchev–Trinajstić information content (AvgIpc) is 3.08. The van der Waals surface area contributed by atoms with Crippen molar-refractivity contribution in [3.8, 4) is 0 Å². The minimum atomic E-state index is -0.0435. The molecule has 0 aliphatic heterocycles. The van der Waals surface area contributed by atoms with Crippen molar-refractivity contribution in [2.45, 2.75) is 125 Å². The van der Waals surface area contributed by atoms with E-state index >= 15 is 0 Å². The summed E-state index contributed by atoms with van der Waals surface area (Å²) in [7, 11) is 0. The molecule has 2 unspecified atom stereocenters. The Balaban J connectivity index is 1.46. The molecular weight excluding hydrogens is 376 g/mol. The van der Waals surface area contributed by atoms with Gasteiger partial charge in [0.25, 0.3) is 0 Å². The zero-order valence-electron chi connectivity index (χ0n) is 22.0. The molecule has 4 rings (SSSR count). The van der Waals surface area contributed by atoms with Gasteiger partial charge in [-0.15, -0.1) is 0 Å². The van der Waals surface area contributed by atoms with Crippen LogP contribution in [-0.4, -0.2) is 11.2 Å². The molecule has 0 spiro atoms. The predicted octanol–water partition coefficient (Wildman–Crippen LogP) is 8.35. The van der Waals surface area contributed by atoms with Gasteiger partial charge in [0.2, 0.25) is 0 Å². The lowest BCUT2D eigenvalue weighted by Gasteiger charge is -2.62. The van der Waals surface area contributed by atoms with Crippen molar-refractivity contribution < 1.29 is 5.11 Å². The predicted molar refractivity (Wildman–Crippen MR) is 133 cm³/mol. The van der Waals surface area contributed by atoms with Crippen molar-refractivity contribution in [3.63, 3.8) is 0 Å². The first-order valence-corrected chi connectivity index (χ1v) is 14.3. The Morgan fingerprint density at radius 1 is 0.806 bits per heavy atom. The fourth-order valence-corrected chi connectivity index (χ4v) is 10.4. The van der Waals surface area contributed by atoms with Gasteiger partial charge in [-0.2, -0.15) is 0 Å². The van der Waals surface area contributed by atoms with E-state index in [9.17, 15) is 5.11 Å². The van der Waals surface area contributed by atoms with E-state index in [4.69, 9.17) is 0 Å². The van der Waals surface area contributed by atoms with Gasteiger partial charge in [0.05, 0.1) is 6.10 Å². The smallest absolute Gasteiger partial charge is 0.0568 e. The molecule has 1 nitrogen and oxygen atoms in total. The van der Waals surface area contributed by atoms with Crippen molar-refractivity contribution in [3.05, 3.63) is 0 Å². The van der Waals surface area contributed by atoms with E-state index in [0.29, 0.717) is 16.7 Å². The molecular formula is C30H54O. The Kier molecular flexibility index (Phi) is 6.96. The summed E-state index contributed by atoms with van der Waals surface area (Å²) in [4.78, 5) is 0. The van der Waals surface area contributed by atoms with Crippen LogP contribution in [0.3, 0.4) is 0 Å². The molecule has 0 amide bonds. The van der Waals surface area contributed by atoms with Gasteiger partial charge < -0.3 is 5.11 Å². The van der Waals surface area contributed by atoms with Crippen LogP contribution in [0.15, 0.2) is 0 Å². The molecule has 0 radical (unpaired) electrons. The normalized spacial score (nSPS) is 49.3. The van der Waals surface area contributed by atoms with Gasteiger partial charge in [0.15, 0.2) is 0 Å². The van der Waals surface area contributed by atoms with Crippen LogP contribution < -0.4 is 0 Å². The van der Waals surface area contributed by atoms with Crippen molar-refractivity contribution in [2.24, 2.45) is 64.1 Å². The molecule has 4 fully saturated rings. The zero-order valence-corrected chi connectivity index (χ0v) is 22.0. The topological polar surface area (TPSA) is 20.2 Å². The summed E-state index contributed by atoms with van der Waals surface area (Å²) >= 11 is 0. The van der Waals surface area contributed by atoms with Crippen LogP contribution in [0.2, 0.25) is 0 Å². The van der Waals surface area contributed by atoms with Crippen molar-refractivity contribution in [1.82, 2.24) is 0 Å². The number of rotatable bonds is 6. The number of aliphatic hydroxyl groups is 1. The fraction of sp³-hybridized carbons (Fsp3) is 1.00. The first-order chi connectivity index (χ1) is 14.6. The first-order valence-electron chi connectivity index (χ1n) is 14.3. The Hall–Kier alpha value is -0.0400. The van der Waals surface area contributed by atoms with E-state index in [2.05, 4.69) is 48.5 Å². The molecule has 0 heterocycles. The van der Waals surface area contributed by atoms with E-state index < -0.39 is 0 Å². The van der Waals surface area contributed by atoms with Crippen LogP contribution in [0, 0.1) is 64.1 Å². The fourth-order valence-electron chi connectivity index (χ4n) is 10.4. The van der Waals surface area contributed by atoms with Gasteiger partial charge in [-0.1, -0.05) is 61.3 Å². The van der Waals surface area contributed by atoms with Crippen LogP contribution in [0.25, 0.3) is 0 Å². The third-order valence-electron chi connectivity index (χ3n) is 12.4. The highest BCUT2D eigenvalue weighted by Crippen LogP contribution is 2.69. The van der Waals surface area contributed by atoms with Crippen molar-refractivity contribution in [1.29, 1.82) is 0 Å². The summed E-state index contributed by atoms with van der Waals surface area (Å²) in [6.45, 7) is 17.6. The lowest BCUT2D eigenvalue weighted by atomic mass is 9.43. The van der Waals surface area contributed by atoms with Crippen molar-refractivity contribution >= 4 is 0 Å². The van der Waals surface area contributed by atoms with Gasteiger partial charge >= 0.3 is 0 Å². The zero-order chi connectivity index (χ0) is 22.6. The van der Waals surface area contributed by atoms with E-state index in [1.165, 1.54) is 64.2 Å². The van der Waals surface area contributed by atoms with Crippen LogP contribution in [0.4, 0.5) is 0 Å². The van der Waals surface area contributed by atoms with Gasteiger partial charge in [-0.3, -0.25) is 0 Å². The number of aliphatic hydroxyl groups excluding tert-OH is 1.